The Morgan fingerprint density at radius 3 is 2.75 bits per heavy atom. The van der Waals surface area contributed by atoms with Crippen molar-refractivity contribution in [2.24, 2.45) is 0 Å². The van der Waals surface area contributed by atoms with Gasteiger partial charge in [0, 0.05) is 11.9 Å². The maximum Gasteiger partial charge on any atom is 0.240 e. The molecule has 0 radical (unpaired) electrons. The van der Waals surface area contributed by atoms with Crippen LogP contribution in [0.4, 0.5) is 0 Å². The molecule has 1 aliphatic carbocycles. The van der Waals surface area contributed by atoms with Crippen LogP contribution in [-0.4, -0.2) is 18.4 Å². The Balaban J connectivity index is 1.80. The number of benzene rings is 1. The number of nitrogens with zero attached hydrogens (tertiary/aromatic N) is 1. The normalized spacial score (nSPS) is 15.0. The zero-order valence-electron chi connectivity index (χ0n) is 11.1. The third-order valence-electron chi connectivity index (χ3n) is 3.64. The lowest BCUT2D eigenvalue weighted by Crippen LogP contribution is -2.23. The van der Waals surface area contributed by atoms with Gasteiger partial charge in [0.05, 0.1) is 17.8 Å². The molecule has 2 aromatic rings. The van der Waals surface area contributed by atoms with Gasteiger partial charge in [0.15, 0.2) is 0 Å². The predicted molar refractivity (Wildman–Crippen MR) is 75.7 cm³/mol. The fourth-order valence-electron chi connectivity index (χ4n) is 2.51. The summed E-state index contributed by atoms with van der Waals surface area (Å²) < 4.78 is 27.1. The van der Waals surface area contributed by atoms with Crippen LogP contribution in [0.2, 0.25) is 0 Å². The van der Waals surface area contributed by atoms with Crippen LogP contribution < -0.4 is 4.72 Å². The van der Waals surface area contributed by atoms with E-state index in [0.717, 1.165) is 25.0 Å². The second-order valence-electron chi connectivity index (χ2n) is 5.04. The summed E-state index contributed by atoms with van der Waals surface area (Å²) in [7, 11) is -3.47. The van der Waals surface area contributed by atoms with E-state index in [-0.39, 0.29) is 6.54 Å². The molecule has 5 nitrogen and oxygen atoms in total. The fourth-order valence-corrected chi connectivity index (χ4v) is 3.57. The van der Waals surface area contributed by atoms with Gasteiger partial charge in [-0.2, -0.15) is 0 Å². The molecule has 1 aliphatic rings. The SMILES string of the molecule is O=S(=O)(NCc1cnc[nH]1)c1ccc2c(c1)CCCC2. The summed E-state index contributed by atoms with van der Waals surface area (Å²) in [5.74, 6) is 0. The van der Waals surface area contributed by atoms with Gasteiger partial charge in [0.1, 0.15) is 0 Å². The van der Waals surface area contributed by atoms with Crippen LogP contribution in [0.25, 0.3) is 0 Å². The highest BCUT2D eigenvalue weighted by Gasteiger charge is 2.17. The van der Waals surface area contributed by atoms with Gasteiger partial charge in [-0.25, -0.2) is 18.1 Å². The largest absolute Gasteiger partial charge is 0.347 e. The van der Waals surface area contributed by atoms with Crippen molar-refractivity contribution in [2.75, 3.05) is 0 Å². The van der Waals surface area contributed by atoms with E-state index in [2.05, 4.69) is 14.7 Å². The van der Waals surface area contributed by atoms with Crippen LogP contribution in [0, 0.1) is 0 Å². The monoisotopic (exact) mass is 291 g/mol. The first-order chi connectivity index (χ1) is 9.65. The molecule has 0 spiro atoms. The minimum absolute atomic E-state index is 0.222. The zero-order chi connectivity index (χ0) is 14.0. The highest BCUT2D eigenvalue weighted by molar-refractivity contribution is 7.89. The molecule has 0 unspecified atom stereocenters. The standard InChI is InChI=1S/C14H17N3O2S/c18-20(19,17-9-13-8-15-10-16-13)14-6-5-11-3-1-2-4-12(11)7-14/h5-8,10,17H,1-4,9H2,(H,15,16). The third-order valence-corrected chi connectivity index (χ3v) is 5.04. The second-order valence-corrected chi connectivity index (χ2v) is 6.81. The lowest BCUT2D eigenvalue weighted by atomic mass is 9.92. The van der Waals surface area contributed by atoms with E-state index in [1.165, 1.54) is 23.9 Å². The molecule has 6 heteroatoms. The van der Waals surface area contributed by atoms with E-state index >= 15 is 0 Å². The van der Waals surface area contributed by atoms with Crippen molar-refractivity contribution in [1.29, 1.82) is 0 Å². The first kappa shape index (κ1) is 13.3. The van der Waals surface area contributed by atoms with Gasteiger partial charge in [-0.05, 0) is 48.9 Å². The average molecular weight is 291 g/mol. The topological polar surface area (TPSA) is 74.8 Å². The Kier molecular flexibility index (Phi) is 3.58. The van der Waals surface area contributed by atoms with Gasteiger partial charge in [-0.15, -0.1) is 0 Å². The van der Waals surface area contributed by atoms with Crippen LogP contribution in [0.1, 0.15) is 29.7 Å². The summed E-state index contributed by atoms with van der Waals surface area (Å²) in [4.78, 5) is 7.08. The summed E-state index contributed by atoms with van der Waals surface area (Å²) >= 11 is 0. The van der Waals surface area contributed by atoms with Gasteiger partial charge in [0.2, 0.25) is 10.0 Å². The molecule has 1 heterocycles. The van der Waals surface area contributed by atoms with Crippen molar-refractivity contribution in [3.63, 3.8) is 0 Å². The van der Waals surface area contributed by atoms with Gasteiger partial charge in [-0.1, -0.05) is 6.07 Å². The summed E-state index contributed by atoms with van der Waals surface area (Å²) in [6, 6.07) is 5.45. The Labute approximate surface area is 118 Å². The van der Waals surface area contributed by atoms with Crippen molar-refractivity contribution in [3.05, 3.63) is 47.5 Å². The molecule has 2 N–H and O–H groups in total. The van der Waals surface area contributed by atoms with E-state index in [1.54, 1.807) is 12.3 Å². The first-order valence-corrected chi connectivity index (χ1v) is 8.22. The molecule has 0 saturated heterocycles. The summed E-state index contributed by atoms with van der Waals surface area (Å²) in [5, 5.41) is 0. The van der Waals surface area contributed by atoms with Crippen molar-refractivity contribution in [1.82, 2.24) is 14.7 Å². The van der Waals surface area contributed by atoms with Gasteiger partial charge in [-0.3, -0.25) is 0 Å². The fraction of sp³-hybridized carbons (Fsp3) is 0.357. The Bertz CT molecular complexity index is 693. The van der Waals surface area contributed by atoms with E-state index in [0.29, 0.717) is 4.90 Å². The molecular weight excluding hydrogens is 274 g/mol. The van der Waals surface area contributed by atoms with E-state index < -0.39 is 10.0 Å². The zero-order valence-corrected chi connectivity index (χ0v) is 11.9. The highest BCUT2D eigenvalue weighted by Crippen LogP contribution is 2.24. The highest BCUT2D eigenvalue weighted by atomic mass is 32.2. The van der Waals surface area contributed by atoms with Gasteiger partial charge in [0.25, 0.3) is 0 Å². The van der Waals surface area contributed by atoms with E-state index in [4.69, 9.17) is 0 Å². The average Bonchev–Trinajstić information content (AvgIpc) is 2.98. The Hall–Kier alpha value is -1.66. The van der Waals surface area contributed by atoms with E-state index in [1.807, 2.05) is 12.1 Å². The summed E-state index contributed by atoms with van der Waals surface area (Å²) in [5.41, 5.74) is 3.19. The first-order valence-electron chi connectivity index (χ1n) is 6.74. The number of sulfonamides is 1. The molecule has 1 aromatic carbocycles. The molecular formula is C14H17N3O2S. The van der Waals surface area contributed by atoms with Crippen LogP contribution >= 0.6 is 0 Å². The molecule has 106 valence electrons. The molecule has 0 bridgehead atoms. The molecule has 0 fully saturated rings. The number of aryl methyl sites for hydroxylation is 2. The molecule has 0 saturated carbocycles. The number of H-pyrrole nitrogens is 1. The van der Waals surface area contributed by atoms with Crippen LogP contribution in [0.3, 0.4) is 0 Å². The van der Waals surface area contributed by atoms with Crippen LogP contribution in [0.15, 0.2) is 35.6 Å². The Morgan fingerprint density at radius 2 is 2.00 bits per heavy atom. The minimum atomic E-state index is -3.47. The van der Waals surface area contributed by atoms with Gasteiger partial charge >= 0.3 is 0 Å². The quantitative estimate of drug-likeness (QED) is 0.901. The Morgan fingerprint density at radius 1 is 1.20 bits per heavy atom. The molecule has 0 amide bonds. The summed E-state index contributed by atoms with van der Waals surface area (Å²) in [6.07, 6.45) is 7.49. The number of imidazole rings is 1. The number of aromatic nitrogens is 2. The van der Waals surface area contributed by atoms with E-state index in [9.17, 15) is 8.42 Å². The third kappa shape index (κ3) is 2.76. The van der Waals surface area contributed by atoms with Gasteiger partial charge < -0.3 is 4.98 Å². The predicted octanol–water partition coefficient (Wildman–Crippen LogP) is 1.77. The molecule has 0 aliphatic heterocycles. The maximum atomic E-state index is 12.3. The van der Waals surface area contributed by atoms with Crippen LogP contribution in [-0.2, 0) is 29.4 Å². The number of hydrogen-bond acceptors (Lipinski definition) is 3. The molecule has 3 rings (SSSR count). The maximum absolute atomic E-state index is 12.3. The minimum Gasteiger partial charge on any atom is -0.347 e. The smallest absolute Gasteiger partial charge is 0.240 e. The lowest BCUT2D eigenvalue weighted by molar-refractivity contribution is 0.580. The molecule has 0 atom stereocenters. The molecule has 20 heavy (non-hydrogen) atoms. The number of rotatable bonds is 4. The molecule has 1 aromatic heterocycles. The number of fused-ring (bicyclic) bond motifs is 1. The van der Waals surface area contributed by atoms with Crippen molar-refractivity contribution < 1.29 is 8.42 Å². The second kappa shape index (κ2) is 5.38. The van der Waals surface area contributed by atoms with Crippen LogP contribution in [0.5, 0.6) is 0 Å². The number of aromatic amines is 1. The lowest BCUT2D eigenvalue weighted by Gasteiger charge is -2.16. The van der Waals surface area contributed by atoms with Crippen molar-refractivity contribution >= 4 is 10.0 Å². The van der Waals surface area contributed by atoms with Crippen molar-refractivity contribution in [3.8, 4) is 0 Å². The van der Waals surface area contributed by atoms with Crippen molar-refractivity contribution in [2.45, 2.75) is 37.1 Å². The summed E-state index contributed by atoms with van der Waals surface area (Å²) in [6.45, 7) is 0.222. The number of nitrogens with one attached hydrogen (secondary N) is 2. The number of hydrogen-bond donors (Lipinski definition) is 2.